The van der Waals surface area contributed by atoms with E-state index in [0.717, 1.165) is 16.5 Å². The van der Waals surface area contributed by atoms with Gasteiger partial charge in [-0.15, -0.1) is 0 Å². The third kappa shape index (κ3) is 2.53. The van der Waals surface area contributed by atoms with Crippen molar-refractivity contribution in [1.29, 1.82) is 0 Å². The Morgan fingerprint density at radius 2 is 2.05 bits per heavy atom. The summed E-state index contributed by atoms with van der Waals surface area (Å²) in [6.07, 6.45) is 1.83. The lowest BCUT2D eigenvalue weighted by atomic mass is 10.0. The van der Waals surface area contributed by atoms with Gasteiger partial charge in [-0.3, -0.25) is 4.98 Å². The molecule has 1 saturated heterocycles. The number of aromatic nitrogens is 2. The van der Waals surface area contributed by atoms with Crippen molar-refractivity contribution in [2.45, 2.75) is 38.9 Å². The number of rotatable bonds is 3. The first-order valence-electron chi connectivity index (χ1n) is 7.23. The minimum Gasteiger partial charge on any atom is -0.361 e. The van der Waals surface area contributed by atoms with Gasteiger partial charge in [0.2, 0.25) is 0 Å². The first-order valence-corrected chi connectivity index (χ1v) is 7.64. The number of pyridine rings is 1. The Labute approximate surface area is 130 Å². The lowest BCUT2D eigenvalue weighted by Crippen LogP contribution is -2.35. The highest BCUT2D eigenvalue weighted by molar-refractivity contribution is 7.80. The second kappa shape index (κ2) is 5.48. The molecule has 1 aliphatic heterocycles. The van der Waals surface area contributed by atoms with Gasteiger partial charge in [-0.05, 0) is 57.3 Å². The fourth-order valence-corrected chi connectivity index (χ4v) is 3.40. The van der Waals surface area contributed by atoms with E-state index >= 15 is 0 Å². The molecule has 0 spiro atoms. The number of H-pyrrole nitrogens is 1. The number of nitrogens with one attached hydrogen (secondary N) is 2. The zero-order valence-electron chi connectivity index (χ0n) is 12.5. The van der Waals surface area contributed by atoms with Crippen molar-refractivity contribution in [3.05, 3.63) is 53.6 Å². The second-order valence-corrected chi connectivity index (χ2v) is 6.11. The van der Waals surface area contributed by atoms with Gasteiger partial charge in [0.15, 0.2) is 5.11 Å². The molecular weight excluding hydrogens is 280 g/mol. The van der Waals surface area contributed by atoms with Crippen LogP contribution < -0.4 is 5.32 Å². The number of hydrogen-bond acceptors (Lipinski definition) is 2. The van der Waals surface area contributed by atoms with E-state index in [0.29, 0.717) is 6.04 Å². The zero-order valence-corrected chi connectivity index (χ0v) is 13.3. The average Bonchev–Trinajstić information content (AvgIpc) is 3.03. The van der Waals surface area contributed by atoms with Crippen LogP contribution in [0.25, 0.3) is 0 Å². The molecule has 4 nitrogen and oxygen atoms in total. The molecule has 3 rings (SSSR count). The fourth-order valence-electron chi connectivity index (χ4n) is 2.95. The number of thiocarbonyl (C=S) groups is 1. The van der Waals surface area contributed by atoms with Crippen LogP contribution in [0.1, 0.15) is 43.0 Å². The first-order chi connectivity index (χ1) is 10.1. The number of aromatic amines is 1. The van der Waals surface area contributed by atoms with Crippen LogP contribution in [-0.2, 0) is 0 Å². The van der Waals surface area contributed by atoms with Crippen LogP contribution in [-0.4, -0.2) is 26.0 Å². The highest BCUT2D eigenvalue weighted by Crippen LogP contribution is 2.39. The number of nitrogens with zero attached hydrogens (tertiary/aromatic N) is 2. The molecule has 0 aromatic carbocycles. The molecule has 1 aliphatic rings. The minimum absolute atomic E-state index is 0.0687. The summed E-state index contributed by atoms with van der Waals surface area (Å²) < 4.78 is 0. The number of aryl methyl sites for hydroxylation is 1. The van der Waals surface area contributed by atoms with Gasteiger partial charge in [0.25, 0.3) is 0 Å². The van der Waals surface area contributed by atoms with Crippen LogP contribution in [0.5, 0.6) is 0 Å². The van der Waals surface area contributed by atoms with Crippen molar-refractivity contribution < 1.29 is 0 Å². The summed E-state index contributed by atoms with van der Waals surface area (Å²) in [6.45, 7) is 6.40. The lowest BCUT2D eigenvalue weighted by Gasteiger charge is -2.30. The van der Waals surface area contributed by atoms with E-state index in [-0.39, 0.29) is 12.1 Å². The van der Waals surface area contributed by atoms with E-state index < -0.39 is 0 Å². The zero-order chi connectivity index (χ0) is 15.0. The van der Waals surface area contributed by atoms with E-state index in [1.807, 2.05) is 24.4 Å². The molecule has 110 valence electrons. The average molecular weight is 300 g/mol. The molecule has 0 bridgehead atoms. The van der Waals surface area contributed by atoms with Crippen LogP contribution in [0, 0.1) is 6.92 Å². The standard InChI is InChI=1S/C16H20N4S/c1-10(2)20-15(13-8-7-11(3)18-13)14(19-16(20)21)12-6-4-5-9-17-12/h4-10,14-15,18H,1-3H3,(H,19,21)/t14-,15-/m1/s1. The Balaban J connectivity index is 2.05. The van der Waals surface area contributed by atoms with E-state index in [2.05, 4.69) is 53.1 Å². The maximum absolute atomic E-state index is 5.55. The molecule has 0 amide bonds. The van der Waals surface area contributed by atoms with E-state index in [1.165, 1.54) is 5.69 Å². The van der Waals surface area contributed by atoms with Gasteiger partial charge in [-0.2, -0.15) is 0 Å². The summed E-state index contributed by atoms with van der Waals surface area (Å²) in [5.74, 6) is 0. The molecule has 2 N–H and O–H groups in total. The Hall–Kier alpha value is -1.88. The van der Waals surface area contributed by atoms with Gasteiger partial charge >= 0.3 is 0 Å². The van der Waals surface area contributed by atoms with Crippen molar-refractivity contribution in [2.24, 2.45) is 0 Å². The molecule has 21 heavy (non-hydrogen) atoms. The third-order valence-corrected chi connectivity index (χ3v) is 4.19. The van der Waals surface area contributed by atoms with Gasteiger partial charge in [0, 0.05) is 23.6 Å². The van der Waals surface area contributed by atoms with Gasteiger partial charge in [-0.25, -0.2) is 0 Å². The SMILES string of the molecule is Cc1ccc([C@@H]2[C@@H](c3ccccn3)NC(=S)N2C(C)C)[nH]1. The van der Waals surface area contributed by atoms with Crippen molar-refractivity contribution in [3.63, 3.8) is 0 Å². The quantitative estimate of drug-likeness (QED) is 0.855. The summed E-state index contributed by atoms with van der Waals surface area (Å²) in [6, 6.07) is 10.8. The molecule has 1 fully saturated rings. The Morgan fingerprint density at radius 3 is 2.62 bits per heavy atom. The van der Waals surface area contributed by atoms with Crippen LogP contribution in [0.3, 0.4) is 0 Å². The molecule has 0 saturated carbocycles. The summed E-state index contributed by atoms with van der Waals surface area (Å²) in [5, 5.41) is 4.22. The maximum Gasteiger partial charge on any atom is 0.170 e. The fraction of sp³-hybridized carbons (Fsp3) is 0.375. The van der Waals surface area contributed by atoms with E-state index in [9.17, 15) is 0 Å². The minimum atomic E-state index is 0.0687. The van der Waals surface area contributed by atoms with Crippen molar-refractivity contribution in [3.8, 4) is 0 Å². The summed E-state index contributed by atoms with van der Waals surface area (Å²) in [5.41, 5.74) is 3.34. The molecule has 0 unspecified atom stereocenters. The monoisotopic (exact) mass is 300 g/mol. The van der Waals surface area contributed by atoms with Crippen LogP contribution >= 0.6 is 12.2 Å². The van der Waals surface area contributed by atoms with Gasteiger partial charge in [-0.1, -0.05) is 6.07 Å². The van der Waals surface area contributed by atoms with Crippen molar-refractivity contribution in [1.82, 2.24) is 20.2 Å². The lowest BCUT2D eigenvalue weighted by molar-refractivity contribution is 0.265. The highest BCUT2D eigenvalue weighted by Gasteiger charge is 2.41. The molecule has 2 aromatic rings. The molecule has 0 aliphatic carbocycles. The molecule has 0 radical (unpaired) electrons. The summed E-state index contributed by atoms with van der Waals surface area (Å²) in [7, 11) is 0. The maximum atomic E-state index is 5.55. The second-order valence-electron chi connectivity index (χ2n) is 5.72. The summed E-state index contributed by atoms with van der Waals surface area (Å²) >= 11 is 5.55. The van der Waals surface area contributed by atoms with Crippen LogP contribution in [0.4, 0.5) is 0 Å². The van der Waals surface area contributed by atoms with E-state index in [1.54, 1.807) is 0 Å². The highest BCUT2D eigenvalue weighted by atomic mass is 32.1. The van der Waals surface area contributed by atoms with Gasteiger partial charge in [0.1, 0.15) is 0 Å². The molecule has 5 heteroatoms. The first kappa shape index (κ1) is 14.1. The smallest absolute Gasteiger partial charge is 0.170 e. The van der Waals surface area contributed by atoms with Crippen molar-refractivity contribution in [2.75, 3.05) is 0 Å². The molecule has 2 atom stereocenters. The summed E-state index contributed by atoms with van der Waals surface area (Å²) in [4.78, 5) is 10.2. The molecule has 3 heterocycles. The Kier molecular flexibility index (Phi) is 3.68. The van der Waals surface area contributed by atoms with Gasteiger partial charge in [0.05, 0.1) is 17.8 Å². The van der Waals surface area contributed by atoms with Crippen LogP contribution in [0.2, 0.25) is 0 Å². The Bertz CT molecular complexity index is 635. The van der Waals surface area contributed by atoms with Gasteiger partial charge < -0.3 is 15.2 Å². The molecular formula is C16H20N4S. The topological polar surface area (TPSA) is 44.0 Å². The van der Waals surface area contributed by atoms with E-state index in [4.69, 9.17) is 12.2 Å². The normalized spacial score (nSPS) is 21.9. The largest absolute Gasteiger partial charge is 0.361 e. The molecule has 2 aromatic heterocycles. The predicted octanol–water partition coefficient (Wildman–Crippen LogP) is 3.10. The Morgan fingerprint density at radius 1 is 1.24 bits per heavy atom. The van der Waals surface area contributed by atoms with Crippen molar-refractivity contribution >= 4 is 17.3 Å². The third-order valence-electron chi connectivity index (χ3n) is 3.86. The van der Waals surface area contributed by atoms with Crippen LogP contribution in [0.15, 0.2) is 36.5 Å². The predicted molar refractivity (Wildman–Crippen MR) is 88.0 cm³/mol. The number of hydrogen-bond donors (Lipinski definition) is 2.